The second kappa shape index (κ2) is 8.83. The van der Waals surface area contributed by atoms with Crippen LogP contribution in [0.2, 0.25) is 0 Å². The van der Waals surface area contributed by atoms with Crippen molar-refractivity contribution in [3.05, 3.63) is 11.6 Å². The summed E-state index contributed by atoms with van der Waals surface area (Å²) in [5, 5.41) is 0. The van der Waals surface area contributed by atoms with E-state index in [1.807, 2.05) is 6.08 Å². The quantitative estimate of drug-likeness (QED) is 0.370. The zero-order chi connectivity index (χ0) is 22.2. The van der Waals surface area contributed by atoms with Crippen molar-refractivity contribution in [2.45, 2.75) is 110 Å². The lowest BCUT2D eigenvalue weighted by Gasteiger charge is -2.58. The van der Waals surface area contributed by atoms with Crippen LogP contribution in [0.3, 0.4) is 0 Å². The summed E-state index contributed by atoms with van der Waals surface area (Å²) in [5.74, 6) is 1.76. The molecule has 0 bridgehead atoms. The number of carbonyl (C=O) groups is 3. The fraction of sp³-hybridized carbons (Fsp3) is 0.815. The SMILES string of the molecule is CCCCCCCC(=O)O[C@@H]1C[C@@H]2[C@H](CC[C@]3(C)C(=O)CC[C@@H]23)[C@@]2(C)CCC(=O)C=C12. The van der Waals surface area contributed by atoms with Crippen LogP contribution in [0.5, 0.6) is 0 Å². The van der Waals surface area contributed by atoms with Crippen LogP contribution < -0.4 is 0 Å². The molecule has 4 aliphatic rings. The number of rotatable bonds is 7. The second-order valence-corrected chi connectivity index (χ2v) is 11.2. The van der Waals surface area contributed by atoms with E-state index in [2.05, 4.69) is 20.8 Å². The number of fused-ring (bicyclic) bond motifs is 5. The second-order valence-electron chi connectivity index (χ2n) is 11.2. The van der Waals surface area contributed by atoms with E-state index in [0.717, 1.165) is 50.5 Å². The summed E-state index contributed by atoms with van der Waals surface area (Å²) >= 11 is 0. The maximum absolute atomic E-state index is 12.7. The van der Waals surface area contributed by atoms with Gasteiger partial charge < -0.3 is 4.74 Å². The zero-order valence-electron chi connectivity index (χ0n) is 19.7. The Kier molecular flexibility index (Phi) is 6.47. The summed E-state index contributed by atoms with van der Waals surface area (Å²) in [6.45, 7) is 6.67. The van der Waals surface area contributed by atoms with Crippen molar-refractivity contribution in [2.75, 3.05) is 0 Å². The average Bonchev–Trinajstić information content (AvgIpc) is 3.04. The number of unbranched alkanes of at least 4 members (excludes halogenated alkanes) is 4. The van der Waals surface area contributed by atoms with Gasteiger partial charge in [-0.2, -0.15) is 0 Å². The Balaban J connectivity index is 1.53. The van der Waals surface area contributed by atoms with Crippen molar-refractivity contribution in [2.24, 2.45) is 28.6 Å². The molecule has 4 nitrogen and oxygen atoms in total. The van der Waals surface area contributed by atoms with Gasteiger partial charge >= 0.3 is 5.97 Å². The summed E-state index contributed by atoms with van der Waals surface area (Å²) in [6.07, 6.45) is 13.4. The predicted octanol–water partition coefficient (Wildman–Crippen LogP) is 5.97. The molecule has 0 aromatic rings. The number of carbonyl (C=O) groups excluding carboxylic acids is 3. The molecule has 6 atom stereocenters. The van der Waals surface area contributed by atoms with E-state index in [1.165, 1.54) is 19.3 Å². The first-order valence-electron chi connectivity index (χ1n) is 12.8. The standard InChI is InChI=1S/C27H40O4/c1-4-5-6-7-8-9-25(30)31-23-17-19-20-10-11-24(29)27(20,3)15-13-21(19)26(2)14-12-18(28)16-22(23)26/h16,19-21,23H,4-15,17H2,1-3H3/t19-,20-,21-,23+,26+,27-/m0/s1. The van der Waals surface area contributed by atoms with Crippen molar-refractivity contribution >= 4 is 17.5 Å². The van der Waals surface area contributed by atoms with E-state index in [1.54, 1.807) is 0 Å². The first-order valence-corrected chi connectivity index (χ1v) is 12.8. The maximum Gasteiger partial charge on any atom is 0.306 e. The normalized spacial score (nSPS) is 39.4. The molecule has 4 heteroatoms. The first kappa shape index (κ1) is 22.7. The van der Waals surface area contributed by atoms with Crippen molar-refractivity contribution in [1.82, 2.24) is 0 Å². The van der Waals surface area contributed by atoms with Crippen molar-refractivity contribution in [3.63, 3.8) is 0 Å². The molecule has 3 saturated carbocycles. The number of ketones is 2. The lowest BCUT2D eigenvalue weighted by molar-refractivity contribution is -0.156. The van der Waals surface area contributed by atoms with Crippen LogP contribution in [0.15, 0.2) is 11.6 Å². The van der Waals surface area contributed by atoms with Gasteiger partial charge in [-0.05, 0) is 73.3 Å². The molecule has 3 fully saturated rings. The van der Waals surface area contributed by atoms with Gasteiger partial charge in [0, 0.05) is 24.7 Å². The van der Waals surface area contributed by atoms with Gasteiger partial charge in [0.25, 0.3) is 0 Å². The Labute approximate surface area is 187 Å². The highest BCUT2D eigenvalue weighted by Crippen LogP contribution is 2.64. The highest BCUT2D eigenvalue weighted by Gasteiger charge is 2.61. The van der Waals surface area contributed by atoms with Crippen LogP contribution in [-0.2, 0) is 19.1 Å². The van der Waals surface area contributed by atoms with Crippen molar-refractivity contribution in [3.8, 4) is 0 Å². The minimum absolute atomic E-state index is 0.0874. The molecule has 0 aromatic carbocycles. The highest BCUT2D eigenvalue weighted by atomic mass is 16.5. The van der Waals surface area contributed by atoms with Gasteiger partial charge in [0.2, 0.25) is 0 Å². The van der Waals surface area contributed by atoms with Crippen LogP contribution >= 0.6 is 0 Å². The zero-order valence-corrected chi connectivity index (χ0v) is 19.7. The summed E-state index contributed by atoms with van der Waals surface area (Å²) < 4.78 is 6.09. The largest absolute Gasteiger partial charge is 0.458 e. The molecular formula is C27H40O4. The van der Waals surface area contributed by atoms with Gasteiger partial charge in [-0.25, -0.2) is 0 Å². The van der Waals surface area contributed by atoms with E-state index < -0.39 is 0 Å². The van der Waals surface area contributed by atoms with Gasteiger partial charge in [0.15, 0.2) is 5.78 Å². The molecule has 4 rings (SSSR count). The highest BCUT2D eigenvalue weighted by molar-refractivity contribution is 5.92. The average molecular weight is 429 g/mol. The monoisotopic (exact) mass is 428 g/mol. The summed E-state index contributed by atoms with van der Waals surface area (Å²) in [4.78, 5) is 37.8. The van der Waals surface area contributed by atoms with E-state index in [0.29, 0.717) is 42.8 Å². The molecule has 0 aliphatic heterocycles. The number of ether oxygens (including phenoxy) is 1. The molecule has 0 unspecified atom stereocenters. The summed E-state index contributed by atoms with van der Waals surface area (Å²) in [7, 11) is 0. The van der Waals surface area contributed by atoms with Gasteiger partial charge in [-0.15, -0.1) is 0 Å². The first-order chi connectivity index (χ1) is 14.8. The van der Waals surface area contributed by atoms with Gasteiger partial charge in [-0.1, -0.05) is 46.5 Å². The number of esters is 1. The van der Waals surface area contributed by atoms with E-state index in [9.17, 15) is 14.4 Å². The van der Waals surface area contributed by atoms with Crippen LogP contribution in [-0.4, -0.2) is 23.6 Å². The van der Waals surface area contributed by atoms with Crippen LogP contribution in [0, 0.1) is 28.6 Å². The number of hydrogen-bond donors (Lipinski definition) is 0. The van der Waals surface area contributed by atoms with Crippen molar-refractivity contribution in [1.29, 1.82) is 0 Å². The third-order valence-corrected chi connectivity index (χ3v) is 9.42. The Morgan fingerprint density at radius 2 is 1.74 bits per heavy atom. The molecule has 4 aliphatic carbocycles. The number of Topliss-reactive ketones (excluding diaryl/α,β-unsaturated/α-hetero) is 1. The molecule has 0 amide bonds. The Morgan fingerprint density at radius 3 is 2.52 bits per heavy atom. The fourth-order valence-electron chi connectivity index (χ4n) is 7.55. The van der Waals surface area contributed by atoms with Crippen LogP contribution in [0.1, 0.15) is 104 Å². The Hall–Kier alpha value is -1.45. The van der Waals surface area contributed by atoms with Crippen LogP contribution in [0.25, 0.3) is 0 Å². The predicted molar refractivity (Wildman–Crippen MR) is 120 cm³/mol. The molecule has 0 N–H and O–H groups in total. The van der Waals surface area contributed by atoms with E-state index >= 15 is 0 Å². The third-order valence-electron chi connectivity index (χ3n) is 9.42. The lowest BCUT2D eigenvalue weighted by Crippen LogP contribution is -2.54. The van der Waals surface area contributed by atoms with E-state index in [-0.39, 0.29) is 28.7 Å². The Bertz CT molecular complexity index is 767. The molecule has 31 heavy (non-hydrogen) atoms. The molecule has 0 aromatic heterocycles. The third kappa shape index (κ3) is 4.04. The maximum atomic E-state index is 12.7. The molecule has 0 heterocycles. The fourth-order valence-corrected chi connectivity index (χ4v) is 7.55. The molecule has 0 saturated heterocycles. The lowest BCUT2D eigenvalue weighted by atomic mass is 9.47. The Morgan fingerprint density at radius 1 is 1.00 bits per heavy atom. The topological polar surface area (TPSA) is 60.4 Å². The van der Waals surface area contributed by atoms with Crippen molar-refractivity contribution < 1.29 is 19.1 Å². The summed E-state index contributed by atoms with van der Waals surface area (Å²) in [6, 6.07) is 0. The van der Waals surface area contributed by atoms with Gasteiger partial charge in [-0.3, -0.25) is 14.4 Å². The van der Waals surface area contributed by atoms with Crippen LogP contribution in [0.4, 0.5) is 0 Å². The molecular weight excluding hydrogens is 388 g/mol. The molecule has 0 spiro atoms. The minimum atomic E-state index is -0.295. The van der Waals surface area contributed by atoms with Gasteiger partial charge in [0.1, 0.15) is 11.9 Å². The summed E-state index contributed by atoms with van der Waals surface area (Å²) in [5.41, 5.74) is 0.782. The number of hydrogen-bond acceptors (Lipinski definition) is 4. The molecule has 172 valence electrons. The van der Waals surface area contributed by atoms with Gasteiger partial charge in [0.05, 0.1) is 0 Å². The molecule has 0 radical (unpaired) electrons. The smallest absolute Gasteiger partial charge is 0.306 e. The minimum Gasteiger partial charge on any atom is -0.458 e. The van der Waals surface area contributed by atoms with E-state index in [4.69, 9.17) is 4.74 Å².